The van der Waals surface area contributed by atoms with Crippen molar-refractivity contribution in [2.24, 2.45) is 0 Å². The van der Waals surface area contributed by atoms with Gasteiger partial charge in [-0.15, -0.1) is 0 Å². The fraction of sp³-hybridized carbons (Fsp3) is 0.625. The Morgan fingerprint density at radius 1 is 1.11 bits per heavy atom. The topological polar surface area (TPSA) is 26.7 Å². The Labute approximate surface area is 115 Å². The van der Waals surface area contributed by atoms with Crippen molar-refractivity contribution in [3.63, 3.8) is 0 Å². The van der Waals surface area contributed by atoms with Gasteiger partial charge >= 0.3 is 0 Å². The van der Waals surface area contributed by atoms with Crippen LogP contribution < -0.4 is 0 Å². The van der Waals surface area contributed by atoms with Crippen LogP contribution in [-0.2, 0) is 6.54 Å². The van der Waals surface area contributed by atoms with Gasteiger partial charge in [0, 0.05) is 38.3 Å². The summed E-state index contributed by atoms with van der Waals surface area (Å²) in [6.45, 7) is 4.56. The number of aliphatic hydroxyl groups excluding tert-OH is 1. The number of nitrogens with zero attached hydrogens (tertiary/aromatic N) is 2. The van der Waals surface area contributed by atoms with E-state index in [1.54, 1.807) is 0 Å². The molecule has 0 radical (unpaired) electrons. The van der Waals surface area contributed by atoms with Gasteiger partial charge in [0.1, 0.15) is 0 Å². The molecular formula is C16H24N2O. The normalized spacial score (nSPS) is 24.2. The van der Waals surface area contributed by atoms with Gasteiger partial charge in [0.05, 0.1) is 6.61 Å². The minimum absolute atomic E-state index is 0.297. The lowest BCUT2D eigenvalue weighted by Crippen LogP contribution is -2.40. The number of likely N-dealkylation sites (tertiary alicyclic amines) is 1. The average molecular weight is 260 g/mol. The van der Waals surface area contributed by atoms with E-state index in [0.29, 0.717) is 12.6 Å². The second kappa shape index (κ2) is 6.04. The molecule has 1 aliphatic carbocycles. The monoisotopic (exact) mass is 260 g/mol. The van der Waals surface area contributed by atoms with E-state index in [9.17, 15) is 5.11 Å². The van der Waals surface area contributed by atoms with Gasteiger partial charge in [0.25, 0.3) is 0 Å². The van der Waals surface area contributed by atoms with Crippen LogP contribution in [0.3, 0.4) is 0 Å². The summed E-state index contributed by atoms with van der Waals surface area (Å²) in [5, 5.41) is 9.22. The summed E-state index contributed by atoms with van der Waals surface area (Å²) in [6.07, 6.45) is 3.91. The van der Waals surface area contributed by atoms with Crippen molar-refractivity contribution >= 4 is 0 Å². The molecule has 3 heteroatoms. The zero-order chi connectivity index (χ0) is 13.1. The minimum Gasteiger partial charge on any atom is -0.395 e. The molecule has 1 heterocycles. The van der Waals surface area contributed by atoms with Gasteiger partial charge in [0.2, 0.25) is 0 Å². The average Bonchev–Trinajstić information content (AvgIpc) is 3.17. The Bertz CT molecular complexity index is 391. The number of benzene rings is 1. The lowest BCUT2D eigenvalue weighted by molar-refractivity contribution is 0.141. The molecule has 0 bridgehead atoms. The van der Waals surface area contributed by atoms with Crippen molar-refractivity contribution in [3.8, 4) is 0 Å². The highest BCUT2D eigenvalue weighted by Crippen LogP contribution is 2.31. The van der Waals surface area contributed by atoms with Crippen LogP contribution in [-0.4, -0.2) is 53.2 Å². The Kier molecular flexibility index (Phi) is 4.16. The van der Waals surface area contributed by atoms with Crippen LogP contribution in [0.1, 0.15) is 24.8 Å². The van der Waals surface area contributed by atoms with Gasteiger partial charge in [-0.25, -0.2) is 0 Å². The van der Waals surface area contributed by atoms with Crippen molar-refractivity contribution in [3.05, 3.63) is 35.9 Å². The highest BCUT2D eigenvalue weighted by molar-refractivity contribution is 5.14. The van der Waals surface area contributed by atoms with Crippen molar-refractivity contribution in [1.82, 2.24) is 9.80 Å². The molecule has 1 saturated heterocycles. The van der Waals surface area contributed by atoms with E-state index in [1.165, 1.54) is 31.4 Å². The van der Waals surface area contributed by atoms with Crippen LogP contribution in [0, 0.1) is 0 Å². The Morgan fingerprint density at radius 2 is 1.89 bits per heavy atom. The van der Waals surface area contributed by atoms with Crippen molar-refractivity contribution in [1.29, 1.82) is 0 Å². The van der Waals surface area contributed by atoms with E-state index in [2.05, 4.69) is 40.1 Å². The highest BCUT2D eigenvalue weighted by Gasteiger charge is 2.36. The fourth-order valence-corrected chi connectivity index (χ4v) is 3.25. The lowest BCUT2D eigenvalue weighted by atomic mass is 10.2. The molecule has 1 N–H and O–H groups in total. The Morgan fingerprint density at radius 3 is 2.58 bits per heavy atom. The molecule has 2 fully saturated rings. The van der Waals surface area contributed by atoms with Gasteiger partial charge in [-0.05, 0) is 24.8 Å². The molecule has 19 heavy (non-hydrogen) atoms. The number of hydrogen-bond acceptors (Lipinski definition) is 3. The van der Waals surface area contributed by atoms with Crippen LogP contribution >= 0.6 is 0 Å². The Balaban J connectivity index is 1.54. The standard InChI is InChI=1S/C16H24N2O/c19-11-10-18(15-6-7-15)16-8-9-17(13-16)12-14-4-2-1-3-5-14/h1-5,15-16,19H,6-13H2/t16-/m1/s1. The molecule has 2 aliphatic rings. The molecule has 0 amide bonds. The number of hydrogen-bond donors (Lipinski definition) is 1. The minimum atomic E-state index is 0.297. The van der Waals surface area contributed by atoms with Crippen molar-refractivity contribution in [2.75, 3.05) is 26.2 Å². The molecule has 0 unspecified atom stereocenters. The molecule has 1 aromatic rings. The first-order valence-electron chi connectivity index (χ1n) is 7.49. The maximum Gasteiger partial charge on any atom is 0.0558 e. The van der Waals surface area contributed by atoms with E-state index in [-0.39, 0.29) is 0 Å². The highest BCUT2D eigenvalue weighted by atomic mass is 16.3. The zero-order valence-electron chi connectivity index (χ0n) is 11.5. The summed E-state index contributed by atoms with van der Waals surface area (Å²) in [7, 11) is 0. The van der Waals surface area contributed by atoms with E-state index in [1.807, 2.05) is 0 Å². The third-order valence-electron chi connectivity index (χ3n) is 4.34. The summed E-state index contributed by atoms with van der Waals surface area (Å²) >= 11 is 0. The predicted molar refractivity (Wildman–Crippen MR) is 76.9 cm³/mol. The quantitative estimate of drug-likeness (QED) is 0.843. The largest absolute Gasteiger partial charge is 0.395 e. The van der Waals surface area contributed by atoms with E-state index < -0.39 is 0 Å². The van der Waals surface area contributed by atoms with Crippen LogP contribution in [0.4, 0.5) is 0 Å². The van der Waals surface area contributed by atoms with Crippen molar-refractivity contribution in [2.45, 2.75) is 37.9 Å². The molecule has 1 atom stereocenters. The number of rotatable bonds is 6. The van der Waals surface area contributed by atoms with E-state index >= 15 is 0 Å². The van der Waals surface area contributed by atoms with Crippen LogP contribution in [0.25, 0.3) is 0 Å². The van der Waals surface area contributed by atoms with Crippen LogP contribution in [0.5, 0.6) is 0 Å². The summed E-state index contributed by atoms with van der Waals surface area (Å²) in [5.74, 6) is 0. The second-order valence-electron chi connectivity index (χ2n) is 5.86. The first kappa shape index (κ1) is 13.1. The first-order valence-corrected chi connectivity index (χ1v) is 7.49. The molecule has 1 aliphatic heterocycles. The molecule has 1 saturated carbocycles. The van der Waals surface area contributed by atoms with Gasteiger partial charge in [0.15, 0.2) is 0 Å². The molecule has 0 aromatic heterocycles. The second-order valence-corrected chi connectivity index (χ2v) is 5.86. The summed E-state index contributed by atoms with van der Waals surface area (Å²) < 4.78 is 0. The molecule has 104 valence electrons. The molecule has 3 rings (SSSR count). The first-order chi connectivity index (χ1) is 9.36. The van der Waals surface area contributed by atoms with Gasteiger partial charge in [-0.1, -0.05) is 30.3 Å². The van der Waals surface area contributed by atoms with Crippen LogP contribution in [0.2, 0.25) is 0 Å². The van der Waals surface area contributed by atoms with E-state index in [0.717, 1.165) is 25.7 Å². The maximum absolute atomic E-state index is 9.22. The summed E-state index contributed by atoms with van der Waals surface area (Å²) in [6, 6.07) is 12.1. The molecular weight excluding hydrogens is 236 g/mol. The number of aliphatic hydroxyl groups is 1. The SMILES string of the molecule is OCCN(C1CC1)[C@@H]1CCN(Cc2ccccc2)C1. The smallest absolute Gasteiger partial charge is 0.0558 e. The Hall–Kier alpha value is -0.900. The van der Waals surface area contributed by atoms with Gasteiger partial charge in [-0.2, -0.15) is 0 Å². The lowest BCUT2D eigenvalue weighted by Gasteiger charge is -2.28. The summed E-state index contributed by atoms with van der Waals surface area (Å²) in [5.41, 5.74) is 1.41. The third-order valence-corrected chi connectivity index (χ3v) is 4.34. The zero-order valence-corrected chi connectivity index (χ0v) is 11.5. The summed E-state index contributed by atoms with van der Waals surface area (Å²) in [4.78, 5) is 5.09. The molecule has 0 spiro atoms. The molecule has 3 nitrogen and oxygen atoms in total. The third kappa shape index (κ3) is 3.35. The fourth-order valence-electron chi connectivity index (χ4n) is 3.25. The van der Waals surface area contributed by atoms with Crippen molar-refractivity contribution < 1.29 is 5.11 Å². The van der Waals surface area contributed by atoms with Gasteiger partial charge in [-0.3, -0.25) is 9.80 Å². The van der Waals surface area contributed by atoms with Gasteiger partial charge < -0.3 is 5.11 Å². The van der Waals surface area contributed by atoms with Crippen LogP contribution in [0.15, 0.2) is 30.3 Å². The van der Waals surface area contributed by atoms with E-state index in [4.69, 9.17) is 0 Å². The molecule has 1 aromatic carbocycles. The predicted octanol–water partition coefficient (Wildman–Crippen LogP) is 1.72. The maximum atomic E-state index is 9.22.